The summed E-state index contributed by atoms with van der Waals surface area (Å²) in [4.78, 5) is 11.7. The molecule has 0 aromatic heterocycles. The van der Waals surface area contributed by atoms with Gasteiger partial charge in [0.25, 0.3) is 5.91 Å². The molecule has 0 heterocycles. The average Bonchev–Trinajstić information content (AvgIpc) is 2.34. The number of benzene rings is 1. The zero-order valence-electron chi connectivity index (χ0n) is 11.1. The number of nitrogens with two attached hydrogens (primary N) is 1. The van der Waals surface area contributed by atoms with Crippen molar-refractivity contribution >= 4 is 11.6 Å². The van der Waals surface area contributed by atoms with E-state index < -0.39 is 0 Å². The number of anilines is 1. The molecular weight excluding hydrogens is 244 g/mol. The van der Waals surface area contributed by atoms with Crippen molar-refractivity contribution in [2.45, 2.75) is 31.9 Å². The molecule has 2 rings (SSSR count). The zero-order chi connectivity index (χ0) is 13.7. The molecule has 1 aliphatic rings. The molecule has 3 N–H and O–H groups in total. The first-order valence-electron chi connectivity index (χ1n) is 6.56. The van der Waals surface area contributed by atoms with Crippen molar-refractivity contribution in [2.24, 2.45) is 0 Å². The van der Waals surface area contributed by atoms with Crippen LogP contribution in [0.15, 0.2) is 24.3 Å². The molecule has 0 unspecified atom stereocenters. The summed E-state index contributed by atoms with van der Waals surface area (Å²) in [5.41, 5.74) is 6.25. The lowest BCUT2D eigenvalue weighted by molar-refractivity contribution is -0.125. The van der Waals surface area contributed by atoms with Crippen LogP contribution in [0, 0.1) is 0 Å². The number of amides is 1. The molecule has 5 nitrogen and oxygen atoms in total. The lowest BCUT2D eigenvalue weighted by Gasteiger charge is -2.35. The minimum atomic E-state index is -0.109. The fourth-order valence-electron chi connectivity index (χ4n) is 2.08. The Morgan fingerprint density at radius 2 is 2.26 bits per heavy atom. The molecule has 5 heteroatoms. The smallest absolute Gasteiger partial charge is 0.258 e. The van der Waals surface area contributed by atoms with Crippen LogP contribution in [0.3, 0.4) is 0 Å². The summed E-state index contributed by atoms with van der Waals surface area (Å²) in [5.74, 6) is 0.498. The molecule has 1 aliphatic carbocycles. The van der Waals surface area contributed by atoms with Gasteiger partial charge < -0.3 is 20.5 Å². The standard InChI is InChI=1S/C14H20N2O3/c1-2-18-13-7-11(8-13)16-14(17)9-19-12-5-3-4-10(15)6-12/h3-6,11,13H,2,7-9,15H2,1H3,(H,16,17). The van der Waals surface area contributed by atoms with Crippen LogP contribution < -0.4 is 15.8 Å². The third-order valence-electron chi connectivity index (χ3n) is 3.09. The van der Waals surface area contributed by atoms with E-state index in [0.29, 0.717) is 17.5 Å². The van der Waals surface area contributed by atoms with Gasteiger partial charge in [0.2, 0.25) is 0 Å². The van der Waals surface area contributed by atoms with Crippen LogP contribution in [0.25, 0.3) is 0 Å². The van der Waals surface area contributed by atoms with E-state index in [1.807, 2.05) is 6.92 Å². The Bertz CT molecular complexity index is 430. The van der Waals surface area contributed by atoms with Crippen molar-refractivity contribution < 1.29 is 14.3 Å². The lowest BCUT2D eigenvalue weighted by Crippen LogP contribution is -2.49. The second kappa shape index (κ2) is 6.43. The number of carbonyl (C=O) groups is 1. The molecule has 0 aliphatic heterocycles. The highest BCUT2D eigenvalue weighted by atomic mass is 16.5. The number of rotatable bonds is 6. The van der Waals surface area contributed by atoms with E-state index in [-0.39, 0.29) is 18.6 Å². The topological polar surface area (TPSA) is 73.6 Å². The van der Waals surface area contributed by atoms with Crippen molar-refractivity contribution in [3.05, 3.63) is 24.3 Å². The maximum absolute atomic E-state index is 11.7. The van der Waals surface area contributed by atoms with Crippen molar-refractivity contribution in [3.8, 4) is 5.75 Å². The highest BCUT2D eigenvalue weighted by Gasteiger charge is 2.30. The quantitative estimate of drug-likeness (QED) is 0.760. The van der Waals surface area contributed by atoms with Gasteiger partial charge in [-0.25, -0.2) is 0 Å². The van der Waals surface area contributed by atoms with Gasteiger partial charge in [0.05, 0.1) is 6.10 Å². The molecule has 104 valence electrons. The number of hydrogen-bond acceptors (Lipinski definition) is 4. The van der Waals surface area contributed by atoms with Gasteiger partial charge in [-0.15, -0.1) is 0 Å². The third kappa shape index (κ3) is 4.13. The van der Waals surface area contributed by atoms with Crippen LogP contribution >= 0.6 is 0 Å². The molecule has 1 saturated carbocycles. The number of hydrogen-bond donors (Lipinski definition) is 2. The van der Waals surface area contributed by atoms with Crippen molar-refractivity contribution in [1.82, 2.24) is 5.32 Å². The monoisotopic (exact) mass is 264 g/mol. The summed E-state index contributed by atoms with van der Waals surface area (Å²) >= 11 is 0. The van der Waals surface area contributed by atoms with Gasteiger partial charge in [-0.05, 0) is 31.9 Å². The van der Waals surface area contributed by atoms with E-state index in [1.165, 1.54) is 0 Å². The predicted octanol–water partition coefficient (Wildman–Crippen LogP) is 1.33. The molecule has 0 atom stereocenters. The van der Waals surface area contributed by atoms with Crippen LogP contribution in [0.4, 0.5) is 5.69 Å². The lowest BCUT2D eigenvalue weighted by atomic mass is 9.89. The minimum Gasteiger partial charge on any atom is -0.484 e. The van der Waals surface area contributed by atoms with Gasteiger partial charge in [-0.1, -0.05) is 6.07 Å². The fourth-order valence-corrected chi connectivity index (χ4v) is 2.08. The first kappa shape index (κ1) is 13.7. The number of nitrogens with one attached hydrogen (secondary N) is 1. The number of ether oxygens (including phenoxy) is 2. The molecule has 0 radical (unpaired) electrons. The van der Waals surface area contributed by atoms with Crippen molar-refractivity contribution in [2.75, 3.05) is 18.9 Å². The van der Waals surface area contributed by atoms with E-state index in [0.717, 1.165) is 19.4 Å². The molecule has 1 aromatic rings. The maximum atomic E-state index is 11.7. The third-order valence-corrected chi connectivity index (χ3v) is 3.09. The van der Waals surface area contributed by atoms with Crippen LogP contribution in [0.1, 0.15) is 19.8 Å². The molecule has 0 saturated heterocycles. The first-order valence-corrected chi connectivity index (χ1v) is 6.56. The van der Waals surface area contributed by atoms with E-state index in [4.69, 9.17) is 15.2 Å². The Morgan fingerprint density at radius 3 is 2.95 bits per heavy atom. The van der Waals surface area contributed by atoms with E-state index in [1.54, 1.807) is 24.3 Å². The summed E-state index contributed by atoms with van der Waals surface area (Å²) in [6, 6.07) is 7.25. The van der Waals surface area contributed by atoms with Crippen molar-refractivity contribution in [1.29, 1.82) is 0 Å². The number of carbonyl (C=O) groups excluding carboxylic acids is 1. The molecule has 19 heavy (non-hydrogen) atoms. The van der Waals surface area contributed by atoms with Gasteiger partial charge in [-0.3, -0.25) is 4.79 Å². The summed E-state index contributed by atoms with van der Waals surface area (Å²) in [7, 11) is 0. The highest BCUT2D eigenvalue weighted by molar-refractivity contribution is 5.78. The molecule has 0 spiro atoms. The van der Waals surface area contributed by atoms with Gasteiger partial charge in [-0.2, -0.15) is 0 Å². The Kier molecular flexibility index (Phi) is 4.63. The average molecular weight is 264 g/mol. The molecule has 1 amide bonds. The van der Waals surface area contributed by atoms with Gasteiger partial charge in [0.1, 0.15) is 5.75 Å². The summed E-state index contributed by atoms with van der Waals surface area (Å²) in [6.07, 6.45) is 2.07. The van der Waals surface area contributed by atoms with Gasteiger partial charge in [0, 0.05) is 24.4 Å². The Hall–Kier alpha value is -1.75. The summed E-state index contributed by atoms with van der Waals surface area (Å²) in [6.45, 7) is 2.72. The molecule has 1 aromatic carbocycles. The zero-order valence-corrected chi connectivity index (χ0v) is 11.1. The SMILES string of the molecule is CCOC1CC(NC(=O)COc2cccc(N)c2)C1. The van der Waals surface area contributed by atoms with Crippen LogP contribution in [-0.4, -0.2) is 31.3 Å². The normalized spacial score (nSPS) is 21.5. The predicted molar refractivity (Wildman–Crippen MR) is 72.9 cm³/mol. The fraction of sp³-hybridized carbons (Fsp3) is 0.500. The highest BCUT2D eigenvalue weighted by Crippen LogP contribution is 2.23. The van der Waals surface area contributed by atoms with E-state index >= 15 is 0 Å². The van der Waals surface area contributed by atoms with Crippen LogP contribution in [0.5, 0.6) is 5.75 Å². The van der Waals surface area contributed by atoms with Crippen LogP contribution in [-0.2, 0) is 9.53 Å². The van der Waals surface area contributed by atoms with Crippen molar-refractivity contribution in [3.63, 3.8) is 0 Å². The molecular formula is C14H20N2O3. The number of nitrogen functional groups attached to an aromatic ring is 1. The second-order valence-electron chi connectivity index (χ2n) is 4.67. The molecule has 0 bridgehead atoms. The van der Waals surface area contributed by atoms with E-state index in [9.17, 15) is 4.79 Å². The minimum absolute atomic E-state index is 0.0131. The Morgan fingerprint density at radius 1 is 1.47 bits per heavy atom. The maximum Gasteiger partial charge on any atom is 0.258 e. The molecule has 1 fully saturated rings. The van der Waals surface area contributed by atoms with Gasteiger partial charge in [0.15, 0.2) is 6.61 Å². The van der Waals surface area contributed by atoms with Crippen LogP contribution in [0.2, 0.25) is 0 Å². The Labute approximate surface area is 113 Å². The summed E-state index contributed by atoms with van der Waals surface area (Å²) in [5, 5.41) is 2.91. The second-order valence-corrected chi connectivity index (χ2v) is 4.67. The summed E-state index contributed by atoms with van der Waals surface area (Å²) < 4.78 is 10.8. The first-order chi connectivity index (χ1) is 9.17. The largest absolute Gasteiger partial charge is 0.484 e. The van der Waals surface area contributed by atoms with Gasteiger partial charge >= 0.3 is 0 Å². The van der Waals surface area contributed by atoms with E-state index in [2.05, 4.69) is 5.32 Å². The Balaban J connectivity index is 1.66.